The maximum absolute atomic E-state index is 12.9. The molecule has 0 atom stereocenters. The highest BCUT2D eigenvalue weighted by Gasteiger charge is 2.24. The summed E-state index contributed by atoms with van der Waals surface area (Å²) in [5.74, 6) is 0.311. The van der Waals surface area contributed by atoms with Gasteiger partial charge in [-0.25, -0.2) is 13.4 Å². The number of pyridine rings is 2. The van der Waals surface area contributed by atoms with Crippen molar-refractivity contribution in [2.45, 2.75) is 18.0 Å². The van der Waals surface area contributed by atoms with Crippen LogP contribution in [0.15, 0.2) is 65.7 Å². The van der Waals surface area contributed by atoms with Crippen LogP contribution in [-0.2, 0) is 32.5 Å². The van der Waals surface area contributed by atoms with Crippen molar-refractivity contribution in [1.82, 2.24) is 15.3 Å². The van der Waals surface area contributed by atoms with Crippen LogP contribution in [0.1, 0.15) is 21.6 Å². The van der Waals surface area contributed by atoms with E-state index in [0.717, 1.165) is 46.7 Å². The van der Waals surface area contributed by atoms with Crippen LogP contribution in [-0.4, -0.2) is 70.1 Å². The number of hydrogen-bond donors (Lipinski definition) is 1. The van der Waals surface area contributed by atoms with Gasteiger partial charge in [-0.3, -0.25) is 9.78 Å². The average molecular weight is 575 g/mol. The van der Waals surface area contributed by atoms with E-state index in [1.165, 1.54) is 6.07 Å². The zero-order chi connectivity index (χ0) is 28.4. The normalized spacial score (nSPS) is 15.9. The lowest BCUT2D eigenvalue weighted by Crippen LogP contribution is -2.35. The maximum Gasteiger partial charge on any atom is 0.251 e. The van der Waals surface area contributed by atoms with Gasteiger partial charge in [0.05, 0.1) is 66.2 Å². The van der Waals surface area contributed by atoms with E-state index >= 15 is 0 Å². The van der Waals surface area contributed by atoms with E-state index < -0.39 is 9.84 Å². The minimum Gasteiger partial charge on any atom is -0.489 e. The summed E-state index contributed by atoms with van der Waals surface area (Å²) in [6.45, 7) is 3.28. The molecule has 0 saturated carbocycles. The topological polar surface area (TPSA) is 120 Å². The van der Waals surface area contributed by atoms with Crippen molar-refractivity contribution in [2.24, 2.45) is 0 Å². The smallest absolute Gasteiger partial charge is 0.251 e. The van der Waals surface area contributed by atoms with Crippen molar-refractivity contribution in [3.05, 3.63) is 77.6 Å². The van der Waals surface area contributed by atoms with Crippen LogP contribution in [0.4, 0.5) is 5.69 Å². The number of para-hydroxylation sites is 1. The molecule has 6 rings (SSSR count). The molecule has 0 spiro atoms. The Morgan fingerprint density at radius 2 is 2.02 bits per heavy atom. The first-order valence-corrected chi connectivity index (χ1v) is 15.1. The summed E-state index contributed by atoms with van der Waals surface area (Å²) in [5.41, 5.74) is 4.89. The van der Waals surface area contributed by atoms with Crippen molar-refractivity contribution >= 4 is 32.3 Å². The molecule has 0 unspecified atom stereocenters. The quantitative estimate of drug-likeness (QED) is 0.354. The molecule has 2 aliphatic rings. The van der Waals surface area contributed by atoms with Gasteiger partial charge in [0.2, 0.25) is 0 Å². The number of sulfone groups is 1. The minimum atomic E-state index is -3.51. The summed E-state index contributed by atoms with van der Waals surface area (Å²) < 4.78 is 41.9. The van der Waals surface area contributed by atoms with Gasteiger partial charge in [-0.15, -0.1) is 0 Å². The van der Waals surface area contributed by atoms with Crippen LogP contribution in [0, 0.1) is 0 Å². The van der Waals surface area contributed by atoms with Crippen molar-refractivity contribution in [1.29, 1.82) is 0 Å². The van der Waals surface area contributed by atoms with E-state index in [0.29, 0.717) is 24.5 Å². The molecule has 4 heterocycles. The molecule has 0 aliphatic carbocycles. The molecule has 2 aliphatic heterocycles. The first kappa shape index (κ1) is 27.1. The van der Waals surface area contributed by atoms with Gasteiger partial charge in [0.25, 0.3) is 5.91 Å². The lowest BCUT2D eigenvalue weighted by atomic mass is 10.1. The third-order valence-corrected chi connectivity index (χ3v) is 9.02. The molecular formula is C30H30N4O6S. The zero-order valence-corrected chi connectivity index (χ0v) is 23.4. The molecule has 4 aromatic rings. The predicted octanol–water partition coefficient (Wildman–Crippen LogP) is 3.38. The molecular weight excluding hydrogens is 544 g/mol. The van der Waals surface area contributed by atoms with E-state index in [9.17, 15) is 13.2 Å². The second kappa shape index (κ2) is 11.4. The van der Waals surface area contributed by atoms with Crippen LogP contribution in [0.3, 0.4) is 0 Å². The number of rotatable bonds is 7. The van der Waals surface area contributed by atoms with E-state index in [-0.39, 0.29) is 41.9 Å². The molecule has 1 N–H and O–H groups in total. The van der Waals surface area contributed by atoms with Gasteiger partial charge in [0.15, 0.2) is 15.6 Å². The van der Waals surface area contributed by atoms with Gasteiger partial charge in [-0.2, -0.15) is 0 Å². The summed E-state index contributed by atoms with van der Waals surface area (Å²) >= 11 is 0. The number of carbonyl (C=O) groups excluding carboxylic acids is 1. The number of benzene rings is 2. The molecule has 0 bridgehead atoms. The van der Waals surface area contributed by atoms with E-state index in [2.05, 4.69) is 15.2 Å². The molecule has 10 nitrogen and oxygen atoms in total. The lowest BCUT2D eigenvalue weighted by molar-refractivity contribution is 0.0950. The van der Waals surface area contributed by atoms with E-state index in [4.69, 9.17) is 19.2 Å². The molecule has 0 saturated heterocycles. The molecule has 0 radical (unpaired) electrons. The van der Waals surface area contributed by atoms with Crippen LogP contribution in [0.25, 0.3) is 22.2 Å². The highest BCUT2D eigenvalue weighted by Crippen LogP contribution is 2.40. The third-order valence-electron chi connectivity index (χ3n) is 7.26. The van der Waals surface area contributed by atoms with Gasteiger partial charge in [0.1, 0.15) is 6.61 Å². The standard InChI is InChI=1S/C30H30N4O6S/c1-38-11-9-34-10-12-40-29-24(3-2-4-27(29)34)25-8-7-21-17-31-23(16-26(21)33-25)18-32-30(35)20-5-6-22-19-39-13-14-41(36,37)28(22)15-20/h2-8,15-17H,9-14,18-19H2,1H3,(H,32,35). The highest BCUT2D eigenvalue weighted by molar-refractivity contribution is 7.91. The van der Waals surface area contributed by atoms with E-state index in [1.54, 1.807) is 25.4 Å². The second-order valence-electron chi connectivity index (χ2n) is 9.92. The fraction of sp³-hybridized carbons (Fsp3) is 0.300. The fourth-order valence-corrected chi connectivity index (χ4v) is 6.47. The van der Waals surface area contributed by atoms with Crippen LogP contribution in [0.5, 0.6) is 5.75 Å². The van der Waals surface area contributed by atoms with Gasteiger partial charge in [-0.05, 0) is 48.0 Å². The highest BCUT2D eigenvalue weighted by atomic mass is 32.2. The third kappa shape index (κ3) is 5.61. The van der Waals surface area contributed by atoms with Gasteiger partial charge in [-0.1, -0.05) is 12.1 Å². The summed E-state index contributed by atoms with van der Waals surface area (Å²) in [5, 5.41) is 3.72. The lowest BCUT2D eigenvalue weighted by Gasteiger charge is -2.32. The maximum atomic E-state index is 12.9. The number of aromatic nitrogens is 2. The Labute approximate surface area is 238 Å². The summed E-state index contributed by atoms with van der Waals surface area (Å²) in [7, 11) is -1.81. The molecule has 212 valence electrons. The predicted molar refractivity (Wildman–Crippen MR) is 154 cm³/mol. The number of ether oxygens (including phenoxy) is 3. The molecule has 41 heavy (non-hydrogen) atoms. The number of hydrogen-bond acceptors (Lipinski definition) is 9. The minimum absolute atomic E-state index is 0.106. The van der Waals surface area contributed by atoms with Gasteiger partial charge < -0.3 is 24.4 Å². The van der Waals surface area contributed by atoms with Gasteiger partial charge >= 0.3 is 0 Å². The number of methoxy groups -OCH3 is 1. The number of anilines is 1. The summed E-state index contributed by atoms with van der Waals surface area (Å²) in [6, 6.07) is 16.5. The first-order valence-electron chi connectivity index (χ1n) is 13.4. The summed E-state index contributed by atoms with van der Waals surface area (Å²) in [4.78, 5) is 24.7. The monoisotopic (exact) mass is 574 g/mol. The summed E-state index contributed by atoms with van der Waals surface area (Å²) in [6.07, 6.45) is 1.73. The Hall–Kier alpha value is -4.06. The van der Waals surface area contributed by atoms with Crippen molar-refractivity contribution in [3.8, 4) is 17.0 Å². The number of amides is 1. The van der Waals surface area contributed by atoms with Crippen LogP contribution < -0.4 is 15.0 Å². The van der Waals surface area contributed by atoms with Crippen LogP contribution >= 0.6 is 0 Å². The number of nitrogens with zero attached hydrogens (tertiary/aromatic N) is 3. The van der Waals surface area contributed by atoms with Crippen molar-refractivity contribution < 1.29 is 27.4 Å². The molecule has 2 aromatic heterocycles. The van der Waals surface area contributed by atoms with E-state index in [1.807, 2.05) is 36.4 Å². The fourth-order valence-electron chi connectivity index (χ4n) is 5.08. The largest absolute Gasteiger partial charge is 0.489 e. The molecule has 0 fully saturated rings. The molecule has 11 heteroatoms. The number of fused-ring (bicyclic) bond motifs is 3. The van der Waals surface area contributed by atoms with Crippen molar-refractivity contribution in [3.63, 3.8) is 0 Å². The Morgan fingerprint density at radius 1 is 1.12 bits per heavy atom. The Morgan fingerprint density at radius 3 is 2.90 bits per heavy atom. The van der Waals surface area contributed by atoms with Gasteiger partial charge in [0, 0.05) is 36.4 Å². The van der Waals surface area contributed by atoms with Crippen LogP contribution in [0.2, 0.25) is 0 Å². The zero-order valence-electron chi connectivity index (χ0n) is 22.6. The van der Waals surface area contributed by atoms with Crippen molar-refractivity contribution in [2.75, 3.05) is 50.7 Å². The first-order chi connectivity index (χ1) is 19.9. The number of carbonyl (C=O) groups is 1. The Kier molecular flexibility index (Phi) is 7.57. The Balaban J connectivity index is 1.22. The second-order valence-corrected chi connectivity index (χ2v) is 12.0. The SMILES string of the molecule is COCCN1CCOc2c(-c3ccc4cnc(CNC(=O)c5ccc6c(c5)S(=O)(=O)CCOC6)cc4n3)cccc21. The average Bonchev–Trinajstić information content (AvgIpc) is 3.15. The Bertz CT molecular complexity index is 1730. The number of nitrogens with one attached hydrogen (secondary N) is 1. The molecule has 1 amide bonds. The molecule has 2 aromatic carbocycles.